The first kappa shape index (κ1) is 39.6. The van der Waals surface area contributed by atoms with E-state index in [1.54, 1.807) is 31.3 Å². The Hall–Kier alpha value is -4.64. The number of benzene rings is 2. The number of nitrogens with zero attached hydrogens (tertiary/aromatic N) is 5. The van der Waals surface area contributed by atoms with E-state index in [4.69, 9.17) is 9.47 Å². The maximum atomic E-state index is 14.7. The summed E-state index contributed by atoms with van der Waals surface area (Å²) in [6.07, 6.45) is 10.3. The van der Waals surface area contributed by atoms with E-state index in [1.807, 2.05) is 32.0 Å². The summed E-state index contributed by atoms with van der Waals surface area (Å²) in [5.74, 6) is 5.34. The third kappa shape index (κ3) is 8.10. The zero-order valence-electron chi connectivity index (χ0n) is 33.3. The number of rotatable bonds is 4. The fraction of sp³-hybridized carbons (Fsp3) is 0.512. The molecular formula is C43H54N6O6S. The minimum atomic E-state index is -3.68. The Morgan fingerprint density at radius 1 is 1.21 bits per heavy atom. The van der Waals surface area contributed by atoms with Crippen LogP contribution in [0.4, 0.5) is 5.69 Å². The van der Waals surface area contributed by atoms with Crippen LogP contribution in [0, 0.1) is 36.5 Å². The molecule has 0 saturated heterocycles. The molecule has 6 atom stereocenters. The van der Waals surface area contributed by atoms with Crippen molar-refractivity contribution in [2.24, 2.45) is 29.2 Å². The van der Waals surface area contributed by atoms with Gasteiger partial charge in [0, 0.05) is 43.2 Å². The summed E-state index contributed by atoms with van der Waals surface area (Å²) in [5.41, 5.74) is 3.27. The Morgan fingerprint density at radius 2 is 2.04 bits per heavy atom. The number of ether oxygens (including phenoxy) is 2. The fourth-order valence-corrected chi connectivity index (χ4v) is 10.7. The lowest BCUT2D eigenvalue weighted by Crippen LogP contribution is -2.52. The van der Waals surface area contributed by atoms with Crippen molar-refractivity contribution in [2.45, 2.75) is 63.4 Å². The predicted octanol–water partition coefficient (Wildman–Crippen LogP) is 5.08. The summed E-state index contributed by atoms with van der Waals surface area (Å²) < 4.78 is 35.0. The molecule has 7 rings (SSSR count). The highest BCUT2D eigenvalue weighted by atomic mass is 32.2. The molecule has 2 aliphatic heterocycles. The van der Waals surface area contributed by atoms with Crippen LogP contribution in [0.25, 0.3) is 0 Å². The molecule has 2 aliphatic carbocycles. The number of hydrogen-bond donors (Lipinski definition) is 2. The summed E-state index contributed by atoms with van der Waals surface area (Å²) in [5, 5.41) is 16.6. The second-order valence-corrected chi connectivity index (χ2v) is 18.6. The normalized spacial score (nSPS) is 29.3. The van der Waals surface area contributed by atoms with Gasteiger partial charge in [-0.2, -0.15) is 0 Å². The largest absolute Gasteiger partial charge is 0.490 e. The van der Waals surface area contributed by atoms with Gasteiger partial charge in [0.05, 0.1) is 31.7 Å². The minimum absolute atomic E-state index is 0.0619. The summed E-state index contributed by atoms with van der Waals surface area (Å²) in [6.45, 7) is 6.28. The highest BCUT2D eigenvalue weighted by Gasteiger charge is 2.47. The van der Waals surface area contributed by atoms with Crippen LogP contribution >= 0.6 is 0 Å². The monoisotopic (exact) mass is 782 g/mol. The number of aliphatic hydroxyl groups is 1. The van der Waals surface area contributed by atoms with E-state index in [0.717, 1.165) is 37.8 Å². The molecule has 2 amide bonds. The summed E-state index contributed by atoms with van der Waals surface area (Å²) in [6, 6.07) is 12.0. The zero-order valence-corrected chi connectivity index (χ0v) is 34.2. The van der Waals surface area contributed by atoms with Gasteiger partial charge in [0.15, 0.2) is 0 Å². The number of allylic oxidation sites excluding steroid dienone is 1. The van der Waals surface area contributed by atoms with Gasteiger partial charge in [-0.15, -0.1) is 9.46 Å². The number of carbonyl (C=O) groups excluding carboxylic acids is 2. The van der Waals surface area contributed by atoms with Gasteiger partial charge in [0.2, 0.25) is 5.88 Å². The first-order valence-corrected chi connectivity index (χ1v) is 21.2. The highest BCUT2D eigenvalue weighted by Crippen LogP contribution is 2.48. The zero-order chi connectivity index (χ0) is 39.8. The fourth-order valence-electron chi connectivity index (χ4n) is 8.85. The quantitative estimate of drug-likeness (QED) is 0.274. The number of methoxy groups -OCH3 is 1. The number of anilines is 1. The Balaban J connectivity index is 1.34. The Labute approximate surface area is 330 Å². The number of aryl methyl sites for hydroxylation is 3. The Bertz CT molecular complexity index is 2230. The van der Waals surface area contributed by atoms with E-state index in [-0.39, 0.29) is 45.9 Å². The third-order valence-corrected chi connectivity index (χ3v) is 13.7. The SMILES string of the molecule is COc1nn(C)cc1C(=O)NS1(=O)=NC(=O)c2ccc3c(c2)N(C[C@@H]2CC[C@H]2[C@@](O)(C#CCN(C)C)/C=C/C[C@H](C)C1)C[C@@]1(CCCc2cc(C)ccc21)CO3. The van der Waals surface area contributed by atoms with Crippen molar-refractivity contribution in [3.05, 3.63) is 82.6 Å². The van der Waals surface area contributed by atoms with Crippen molar-refractivity contribution < 1.29 is 28.4 Å². The molecule has 3 aromatic rings. The average molecular weight is 783 g/mol. The van der Waals surface area contributed by atoms with Crippen molar-refractivity contribution in [3.8, 4) is 23.5 Å². The highest BCUT2D eigenvalue weighted by molar-refractivity contribution is 7.92. The van der Waals surface area contributed by atoms with Crippen LogP contribution in [0.5, 0.6) is 11.6 Å². The van der Waals surface area contributed by atoms with E-state index >= 15 is 0 Å². The maximum Gasteiger partial charge on any atom is 0.286 e. The molecule has 2 aromatic carbocycles. The molecular weight excluding hydrogens is 729 g/mol. The molecule has 0 radical (unpaired) electrons. The van der Waals surface area contributed by atoms with Crippen molar-refractivity contribution in [2.75, 3.05) is 58.1 Å². The van der Waals surface area contributed by atoms with Gasteiger partial charge in [0.25, 0.3) is 11.8 Å². The van der Waals surface area contributed by atoms with Gasteiger partial charge in [-0.3, -0.25) is 23.9 Å². The van der Waals surface area contributed by atoms with Gasteiger partial charge in [-0.1, -0.05) is 48.6 Å². The van der Waals surface area contributed by atoms with Gasteiger partial charge < -0.3 is 19.5 Å². The van der Waals surface area contributed by atoms with Crippen molar-refractivity contribution in [1.29, 1.82) is 0 Å². The predicted molar refractivity (Wildman–Crippen MR) is 217 cm³/mol. The molecule has 1 aromatic heterocycles. The lowest BCUT2D eigenvalue weighted by Gasteiger charge is -2.47. The van der Waals surface area contributed by atoms with Crippen LogP contribution < -0.4 is 19.1 Å². The molecule has 2 bridgehead atoms. The average Bonchev–Trinajstić information content (AvgIpc) is 3.44. The maximum absolute atomic E-state index is 14.7. The molecule has 1 unspecified atom stereocenters. The smallest absolute Gasteiger partial charge is 0.286 e. The van der Waals surface area contributed by atoms with E-state index < -0.39 is 27.3 Å². The number of fused-ring (bicyclic) bond motifs is 4. The molecule has 56 heavy (non-hydrogen) atoms. The standard InChI is InChI=1S/C43H54N6O6S/c1-29-12-15-35-31(22-29)11-8-18-42(35)27-49-24-33-13-16-36(33)43(52,20-9-21-47(3)4)19-7-10-30(2)26-56(53,46-40(51)34-25-48(5)44-41(34)54-6)45-39(50)32-14-17-38(55-28-42)37(49)23-32/h7,12,14-15,17,19,22-23,25,30,33,36,52H,8,10-11,13,16,18,21,24,26-28H2,1-6H3,(H,45,46,50,51,53)/b19-7+/t30-,33-,36+,42-,43-,56?/m0/s1. The van der Waals surface area contributed by atoms with Crippen LogP contribution in [0.3, 0.4) is 0 Å². The van der Waals surface area contributed by atoms with E-state index in [1.165, 1.54) is 34.7 Å². The van der Waals surface area contributed by atoms with E-state index in [2.05, 4.69) is 56.0 Å². The molecule has 2 N–H and O–H groups in total. The lowest BCUT2D eigenvalue weighted by molar-refractivity contribution is -0.00326. The van der Waals surface area contributed by atoms with Crippen LogP contribution in [0.2, 0.25) is 0 Å². The second-order valence-electron chi connectivity index (χ2n) is 16.6. The van der Waals surface area contributed by atoms with E-state index in [9.17, 15) is 18.9 Å². The molecule has 298 valence electrons. The molecule has 1 spiro atoms. The number of hydrogen-bond acceptors (Lipinski definition) is 9. The number of amides is 2. The van der Waals surface area contributed by atoms with Gasteiger partial charge in [-0.05, 0) is 107 Å². The van der Waals surface area contributed by atoms with Gasteiger partial charge in [0.1, 0.15) is 26.8 Å². The van der Waals surface area contributed by atoms with Gasteiger partial charge >= 0.3 is 0 Å². The summed E-state index contributed by atoms with van der Waals surface area (Å²) in [7, 11) is 3.26. The van der Waals surface area contributed by atoms with Crippen molar-refractivity contribution >= 4 is 27.4 Å². The topological polar surface area (TPSA) is 139 Å². The summed E-state index contributed by atoms with van der Waals surface area (Å²) in [4.78, 5) is 32.1. The number of carbonyl (C=O) groups is 2. The van der Waals surface area contributed by atoms with Crippen LogP contribution in [-0.4, -0.2) is 94.6 Å². The van der Waals surface area contributed by atoms with E-state index in [0.29, 0.717) is 38.4 Å². The molecule has 4 aliphatic rings. The third-order valence-electron chi connectivity index (χ3n) is 11.7. The molecule has 12 nitrogen and oxygen atoms in total. The molecule has 1 saturated carbocycles. The van der Waals surface area contributed by atoms with Crippen molar-refractivity contribution in [1.82, 2.24) is 19.4 Å². The Morgan fingerprint density at radius 3 is 2.79 bits per heavy atom. The summed E-state index contributed by atoms with van der Waals surface area (Å²) >= 11 is 0. The lowest BCUT2D eigenvalue weighted by atomic mass is 9.64. The number of nitrogens with one attached hydrogen (secondary N) is 1. The molecule has 3 heterocycles. The van der Waals surface area contributed by atoms with Gasteiger partial charge in [-0.25, -0.2) is 4.21 Å². The van der Waals surface area contributed by atoms with Crippen LogP contribution in [-0.2, 0) is 28.8 Å². The second kappa shape index (κ2) is 15.7. The number of aromatic nitrogens is 2. The molecule has 1 fully saturated rings. The molecule has 13 heteroatoms. The Kier molecular flexibility index (Phi) is 11.1. The minimum Gasteiger partial charge on any atom is -0.490 e. The van der Waals surface area contributed by atoms with Crippen LogP contribution in [0.1, 0.15) is 76.4 Å². The van der Waals surface area contributed by atoms with Crippen LogP contribution in [0.15, 0.2) is 59.1 Å². The first-order chi connectivity index (χ1) is 26.7. The van der Waals surface area contributed by atoms with Crippen molar-refractivity contribution in [3.63, 3.8) is 0 Å². The first-order valence-electron chi connectivity index (χ1n) is 19.6.